The van der Waals surface area contributed by atoms with E-state index >= 15 is 0 Å². The second kappa shape index (κ2) is 8.76. The average molecular weight is 306 g/mol. The lowest BCUT2D eigenvalue weighted by Crippen LogP contribution is -2.42. The number of nitrogens with one attached hydrogen (secondary N) is 1. The molecule has 122 valence electrons. The lowest BCUT2D eigenvalue weighted by Gasteiger charge is -2.26. The Morgan fingerprint density at radius 1 is 1.45 bits per heavy atom. The van der Waals surface area contributed by atoms with Crippen molar-refractivity contribution in [1.29, 1.82) is 0 Å². The van der Waals surface area contributed by atoms with Crippen LogP contribution >= 0.6 is 0 Å². The van der Waals surface area contributed by atoms with Crippen LogP contribution in [-0.2, 0) is 9.53 Å². The molecular formula is C17H26N2O3. The molecule has 1 aromatic carbocycles. The minimum Gasteiger partial charge on any atom is -0.391 e. The van der Waals surface area contributed by atoms with Crippen molar-refractivity contribution in [3.05, 3.63) is 30.3 Å². The quantitative estimate of drug-likeness (QED) is 0.765. The van der Waals surface area contributed by atoms with Gasteiger partial charge in [0.05, 0.1) is 18.8 Å². The molecule has 0 aromatic heterocycles. The molecule has 5 heteroatoms. The third-order valence-corrected chi connectivity index (χ3v) is 3.91. The normalized spacial score (nSPS) is 18.9. The Balaban J connectivity index is 1.88. The van der Waals surface area contributed by atoms with Crippen molar-refractivity contribution in [2.75, 3.05) is 31.1 Å². The summed E-state index contributed by atoms with van der Waals surface area (Å²) in [6.45, 7) is 3.99. The third kappa shape index (κ3) is 5.31. The van der Waals surface area contributed by atoms with E-state index < -0.39 is 6.10 Å². The highest BCUT2D eigenvalue weighted by molar-refractivity contribution is 5.81. The van der Waals surface area contributed by atoms with Gasteiger partial charge in [-0.3, -0.25) is 4.79 Å². The van der Waals surface area contributed by atoms with E-state index in [9.17, 15) is 9.90 Å². The molecule has 1 heterocycles. The Morgan fingerprint density at radius 2 is 2.23 bits per heavy atom. The van der Waals surface area contributed by atoms with Gasteiger partial charge in [-0.05, 0) is 31.4 Å². The van der Waals surface area contributed by atoms with Crippen molar-refractivity contribution in [2.24, 2.45) is 0 Å². The van der Waals surface area contributed by atoms with Crippen LogP contribution < -0.4 is 10.2 Å². The summed E-state index contributed by atoms with van der Waals surface area (Å²) in [5, 5.41) is 12.8. The molecule has 1 amide bonds. The minimum atomic E-state index is -0.439. The van der Waals surface area contributed by atoms with E-state index in [4.69, 9.17) is 4.74 Å². The number of benzene rings is 1. The molecular weight excluding hydrogens is 280 g/mol. The second-order valence-corrected chi connectivity index (χ2v) is 5.72. The van der Waals surface area contributed by atoms with Crippen LogP contribution in [0.3, 0.4) is 0 Å². The van der Waals surface area contributed by atoms with Crippen LogP contribution in [0.25, 0.3) is 0 Å². The van der Waals surface area contributed by atoms with Crippen LogP contribution in [0, 0.1) is 0 Å². The van der Waals surface area contributed by atoms with E-state index in [1.54, 1.807) is 0 Å². The predicted molar refractivity (Wildman–Crippen MR) is 86.9 cm³/mol. The summed E-state index contributed by atoms with van der Waals surface area (Å²) in [6.07, 6.45) is 2.46. The van der Waals surface area contributed by atoms with Gasteiger partial charge in [-0.25, -0.2) is 0 Å². The van der Waals surface area contributed by atoms with Crippen molar-refractivity contribution in [1.82, 2.24) is 5.32 Å². The van der Waals surface area contributed by atoms with Crippen LogP contribution in [0.15, 0.2) is 30.3 Å². The summed E-state index contributed by atoms with van der Waals surface area (Å²) >= 11 is 0. The van der Waals surface area contributed by atoms with Gasteiger partial charge in [0.25, 0.3) is 0 Å². The first-order valence-electron chi connectivity index (χ1n) is 8.05. The zero-order chi connectivity index (χ0) is 15.8. The molecule has 5 nitrogen and oxygen atoms in total. The summed E-state index contributed by atoms with van der Waals surface area (Å²) in [6, 6.07) is 9.72. The Bertz CT molecular complexity index is 446. The van der Waals surface area contributed by atoms with E-state index in [0.717, 1.165) is 25.1 Å². The summed E-state index contributed by atoms with van der Waals surface area (Å²) in [7, 11) is 0. The Hall–Kier alpha value is -1.59. The van der Waals surface area contributed by atoms with Gasteiger partial charge < -0.3 is 20.1 Å². The summed E-state index contributed by atoms with van der Waals surface area (Å²) in [5.74, 6) is -0.0392. The molecule has 2 unspecified atom stereocenters. The van der Waals surface area contributed by atoms with Gasteiger partial charge >= 0.3 is 0 Å². The zero-order valence-electron chi connectivity index (χ0n) is 13.2. The topological polar surface area (TPSA) is 61.8 Å². The Labute approximate surface area is 132 Å². The largest absolute Gasteiger partial charge is 0.391 e. The number of amides is 1. The number of hydrogen-bond donors (Lipinski definition) is 2. The highest BCUT2D eigenvalue weighted by Gasteiger charge is 2.18. The van der Waals surface area contributed by atoms with E-state index in [0.29, 0.717) is 19.5 Å². The summed E-state index contributed by atoms with van der Waals surface area (Å²) in [5.41, 5.74) is 0.947. The molecule has 1 fully saturated rings. The zero-order valence-corrected chi connectivity index (χ0v) is 13.2. The monoisotopic (exact) mass is 306 g/mol. The van der Waals surface area contributed by atoms with Crippen LogP contribution in [0.5, 0.6) is 0 Å². The fourth-order valence-electron chi connectivity index (χ4n) is 2.55. The van der Waals surface area contributed by atoms with Gasteiger partial charge in [0.2, 0.25) is 5.91 Å². The van der Waals surface area contributed by atoms with Gasteiger partial charge in [0, 0.05) is 25.4 Å². The molecule has 1 aromatic rings. The van der Waals surface area contributed by atoms with Gasteiger partial charge in [-0.15, -0.1) is 0 Å². The number of hydrogen-bond acceptors (Lipinski definition) is 4. The van der Waals surface area contributed by atoms with Gasteiger partial charge in [0.15, 0.2) is 0 Å². The average Bonchev–Trinajstić information content (AvgIpc) is 3.06. The lowest BCUT2D eigenvalue weighted by molar-refractivity contribution is -0.120. The number of anilines is 1. The molecule has 2 N–H and O–H groups in total. The SMILES string of the molecule is CCC(O)CN(CC(=O)NCC1CCCO1)c1ccccc1. The number of para-hydroxylation sites is 1. The van der Waals surface area contributed by atoms with Crippen LogP contribution in [0.1, 0.15) is 26.2 Å². The predicted octanol–water partition coefficient (Wildman–Crippen LogP) is 1.56. The number of carbonyl (C=O) groups is 1. The van der Waals surface area contributed by atoms with Crippen LogP contribution in [0.4, 0.5) is 5.69 Å². The van der Waals surface area contributed by atoms with Crippen molar-refractivity contribution in [3.8, 4) is 0 Å². The Morgan fingerprint density at radius 3 is 2.86 bits per heavy atom. The number of ether oxygens (including phenoxy) is 1. The fourth-order valence-corrected chi connectivity index (χ4v) is 2.55. The van der Waals surface area contributed by atoms with Crippen molar-refractivity contribution in [3.63, 3.8) is 0 Å². The van der Waals surface area contributed by atoms with Crippen molar-refractivity contribution < 1.29 is 14.6 Å². The summed E-state index contributed by atoms with van der Waals surface area (Å²) in [4.78, 5) is 14.1. The molecule has 1 saturated heterocycles. The number of aliphatic hydroxyl groups is 1. The highest BCUT2D eigenvalue weighted by Crippen LogP contribution is 2.14. The Kier molecular flexibility index (Phi) is 6.68. The molecule has 22 heavy (non-hydrogen) atoms. The number of carbonyl (C=O) groups excluding carboxylic acids is 1. The first-order valence-corrected chi connectivity index (χ1v) is 8.05. The number of aliphatic hydroxyl groups excluding tert-OH is 1. The van der Waals surface area contributed by atoms with E-state index in [-0.39, 0.29) is 18.6 Å². The van der Waals surface area contributed by atoms with Crippen LogP contribution in [-0.4, -0.2) is 49.5 Å². The molecule has 0 aliphatic carbocycles. The van der Waals surface area contributed by atoms with Crippen molar-refractivity contribution in [2.45, 2.75) is 38.4 Å². The second-order valence-electron chi connectivity index (χ2n) is 5.72. The smallest absolute Gasteiger partial charge is 0.239 e. The number of rotatable bonds is 8. The highest BCUT2D eigenvalue weighted by atomic mass is 16.5. The maximum atomic E-state index is 12.2. The maximum absolute atomic E-state index is 12.2. The van der Waals surface area contributed by atoms with Gasteiger partial charge in [-0.2, -0.15) is 0 Å². The third-order valence-electron chi connectivity index (χ3n) is 3.91. The molecule has 0 bridgehead atoms. The number of nitrogens with zero attached hydrogens (tertiary/aromatic N) is 1. The first kappa shape index (κ1) is 16.8. The maximum Gasteiger partial charge on any atom is 0.239 e. The molecule has 2 rings (SSSR count). The van der Waals surface area contributed by atoms with E-state index in [1.165, 1.54) is 0 Å². The fraction of sp³-hybridized carbons (Fsp3) is 0.588. The molecule has 0 radical (unpaired) electrons. The molecule has 1 aliphatic heterocycles. The van der Waals surface area contributed by atoms with Gasteiger partial charge in [-0.1, -0.05) is 25.1 Å². The standard InChI is InChI=1S/C17H26N2O3/c1-2-15(20)12-19(14-7-4-3-5-8-14)13-17(21)18-11-16-9-6-10-22-16/h3-5,7-8,15-16,20H,2,6,9-13H2,1H3,(H,18,21). The molecule has 1 aliphatic rings. The van der Waals surface area contributed by atoms with Crippen molar-refractivity contribution >= 4 is 11.6 Å². The molecule has 0 saturated carbocycles. The van der Waals surface area contributed by atoms with E-state index in [1.807, 2.05) is 42.2 Å². The minimum absolute atomic E-state index is 0.0392. The van der Waals surface area contributed by atoms with Crippen LogP contribution in [0.2, 0.25) is 0 Å². The van der Waals surface area contributed by atoms with E-state index in [2.05, 4.69) is 5.32 Å². The first-order chi connectivity index (χ1) is 10.7. The summed E-state index contributed by atoms with van der Waals surface area (Å²) < 4.78 is 5.51. The lowest BCUT2D eigenvalue weighted by atomic mass is 10.2. The molecule has 2 atom stereocenters. The molecule has 0 spiro atoms. The van der Waals surface area contributed by atoms with Gasteiger partial charge in [0.1, 0.15) is 0 Å².